The van der Waals surface area contributed by atoms with Crippen LogP contribution in [0.5, 0.6) is 0 Å². The zero-order valence-corrected chi connectivity index (χ0v) is 17.0. The summed E-state index contributed by atoms with van der Waals surface area (Å²) in [4.78, 5) is 47.4. The number of amides is 3. The second-order valence-corrected chi connectivity index (χ2v) is 6.71. The molecule has 0 aliphatic rings. The maximum Gasteiger partial charge on any atom is 0.327 e. The molecule has 10 nitrogen and oxygen atoms in total. The van der Waals surface area contributed by atoms with Gasteiger partial charge in [-0.3, -0.25) is 14.4 Å². The molecule has 0 saturated carbocycles. The molecule has 0 aromatic rings. The molecular formula is C15H28N4O6S2. The van der Waals surface area contributed by atoms with Gasteiger partial charge in [-0.2, -0.15) is 25.3 Å². The quantitative estimate of drug-likeness (QED) is 0.164. The number of aliphatic hydroxyl groups excluding tert-OH is 1. The van der Waals surface area contributed by atoms with Crippen molar-refractivity contribution >= 4 is 48.9 Å². The number of thiol groups is 2. The van der Waals surface area contributed by atoms with Crippen molar-refractivity contribution in [2.75, 3.05) is 18.1 Å². The Morgan fingerprint density at radius 3 is 1.78 bits per heavy atom. The first-order valence-electron chi connectivity index (χ1n) is 8.34. The molecule has 5 atom stereocenters. The molecule has 0 rings (SSSR count). The van der Waals surface area contributed by atoms with E-state index in [1.807, 2.05) is 6.92 Å². The summed E-state index contributed by atoms with van der Waals surface area (Å²) in [5.74, 6) is -3.84. The predicted octanol–water partition coefficient (Wildman–Crippen LogP) is -2.25. The first kappa shape index (κ1) is 25.5. The summed E-state index contributed by atoms with van der Waals surface area (Å²) in [5, 5.41) is 25.1. The summed E-state index contributed by atoms with van der Waals surface area (Å²) >= 11 is 7.82. The van der Waals surface area contributed by atoms with Crippen LogP contribution in [0.25, 0.3) is 0 Å². The summed E-state index contributed by atoms with van der Waals surface area (Å²) in [6.07, 6.45) is 0.676. The molecule has 0 aromatic carbocycles. The minimum absolute atomic E-state index is 0.0705. The van der Waals surface area contributed by atoms with Gasteiger partial charge in [0.1, 0.15) is 18.1 Å². The largest absolute Gasteiger partial charge is 0.480 e. The van der Waals surface area contributed by atoms with Gasteiger partial charge in [-0.1, -0.05) is 20.3 Å². The Morgan fingerprint density at radius 1 is 0.926 bits per heavy atom. The third-order valence-corrected chi connectivity index (χ3v) is 4.72. The number of nitrogens with one attached hydrogen (secondary N) is 3. The monoisotopic (exact) mass is 424 g/mol. The van der Waals surface area contributed by atoms with E-state index in [9.17, 15) is 24.3 Å². The number of carbonyl (C=O) groups is 4. The Morgan fingerprint density at radius 2 is 1.37 bits per heavy atom. The van der Waals surface area contributed by atoms with E-state index in [2.05, 4.69) is 41.2 Å². The molecule has 27 heavy (non-hydrogen) atoms. The molecule has 0 fully saturated rings. The third kappa shape index (κ3) is 8.37. The number of carboxylic acids is 1. The van der Waals surface area contributed by atoms with E-state index in [-0.39, 0.29) is 17.4 Å². The number of carboxylic acid groups (broad SMARTS) is 1. The Hall–Kier alpha value is -1.50. The fourth-order valence-electron chi connectivity index (χ4n) is 1.90. The van der Waals surface area contributed by atoms with Crippen LogP contribution in [0.15, 0.2) is 0 Å². The molecule has 5 unspecified atom stereocenters. The molecule has 0 spiro atoms. The number of aliphatic hydroxyl groups is 1. The standard InChI is InChI=1S/C15H28N4O6S2/c1-3-7(2)11(16)14(23)18-9(5-26)13(22)17-8(4-20)12(21)19-10(6-27)15(24)25/h7-11,20,26-27H,3-6,16H2,1-2H3,(H,17,22)(H,18,23)(H,19,21)(H,24,25). The Kier molecular flexibility index (Phi) is 12.1. The van der Waals surface area contributed by atoms with Gasteiger partial charge in [0.15, 0.2) is 0 Å². The highest BCUT2D eigenvalue weighted by Crippen LogP contribution is 2.06. The molecule has 156 valence electrons. The van der Waals surface area contributed by atoms with Crippen molar-refractivity contribution in [3.05, 3.63) is 0 Å². The van der Waals surface area contributed by atoms with Crippen LogP contribution in [0.1, 0.15) is 20.3 Å². The summed E-state index contributed by atoms with van der Waals surface area (Å²) in [6, 6.07) is -4.57. The van der Waals surface area contributed by atoms with Gasteiger partial charge in [0.25, 0.3) is 0 Å². The average Bonchev–Trinajstić information content (AvgIpc) is 2.65. The van der Waals surface area contributed by atoms with Crippen LogP contribution in [0.3, 0.4) is 0 Å². The number of hydrogen-bond donors (Lipinski definition) is 8. The molecule has 0 heterocycles. The third-order valence-electron chi connectivity index (χ3n) is 3.99. The number of aliphatic carboxylic acids is 1. The molecule has 0 aromatic heterocycles. The Bertz CT molecular complexity index is 536. The highest BCUT2D eigenvalue weighted by molar-refractivity contribution is 7.80. The number of rotatable bonds is 12. The average molecular weight is 425 g/mol. The van der Waals surface area contributed by atoms with E-state index < -0.39 is 54.5 Å². The molecule has 0 aliphatic carbocycles. The van der Waals surface area contributed by atoms with E-state index >= 15 is 0 Å². The van der Waals surface area contributed by atoms with Crippen LogP contribution in [-0.4, -0.2) is 76.2 Å². The van der Waals surface area contributed by atoms with Crippen LogP contribution in [-0.2, 0) is 19.2 Å². The van der Waals surface area contributed by atoms with E-state index in [1.54, 1.807) is 6.92 Å². The van der Waals surface area contributed by atoms with Crippen molar-refractivity contribution in [2.45, 2.75) is 44.4 Å². The lowest BCUT2D eigenvalue weighted by molar-refractivity contribution is -0.141. The number of hydrogen-bond acceptors (Lipinski definition) is 8. The molecule has 12 heteroatoms. The van der Waals surface area contributed by atoms with Gasteiger partial charge < -0.3 is 31.9 Å². The molecule has 0 radical (unpaired) electrons. The van der Waals surface area contributed by atoms with Crippen LogP contribution in [0, 0.1) is 5.92 Å². The van der Waals surface area contributed by atoms with Crippen molar-refractivity contribution < 1.29 is 29.4 Å². The van der Waals surface area contributed by atoms with Crippen molar-refractivity contribution in [1.29, 1.82) is 0 Å². The SMILES string of the molecule is CCC(C)C(N)C(=O)NC(CS)C(=O)NC(CO)C(=O)NC(CS)C(=O)O. The first-order chi connectivity index (χ1) is 12.6. The van der Waals surface area contributed by atoms with Gasteiger partial charge in [-0.05, 0) is 5.92 Å². The van der Waals surface area contributed by atoms with E-state index in [0.717, 1.165) is 0 Å². The lowest BCUT2D eigenvalue weighted by atomic mass is 9.99. The van der Waals surface area contributed by atoms with Gasteiger partial charge in [-0.25, -0.2) is 4.79 Å². The summed E-state index contributed by atoms with van der Waals surface area (Å²) in [5.41, 5.74) is 5.81. The van der Waals surface area contributed by atoms with Crippen LogP contribution in [0.4, 0.5) is 0 Å². The highest BCUT2D eigenvalue weighted by atomic mass is 32.1. The summed E-state index contributed by atoms with van der Waals surface area (Å²) in [7, 11) is 0. The fraction of sp³-hybridized carbons (Fsp3) is 0.733. The minimum atomic E-state index is -1.40. The Balaban J connectivity index is 4.93. The second kappa shape index (κ2) is 12.8. The van der Waals surface area contributed by atoms with Crippen LogP contribution in [0.2, 0.25) is 0 Å². The molecule has 0 aliphatic heterocycles. The lowest BCUT2D eigenvalue weighted by Crippen LogP contribution is -2.59. The zero-order chi connectivity index (χ0) is 21.1. The Labute approximate surface area is 168 Å². The maximum atomic E-state index is 12.3. The van der Waals surface area contributed by atoms with Gasteiger partial charge in [0.05, 0.1) is 12.6 Å². The fourth-order valence-corrected chi connectivity index (χ4v) is 2.40. The number of carbonyl (C=O) groups excluding carboxylic acids is 3. The van der Waals surface area contributed by atoms with Crippen molar-refractivity contribution in [3.8, 4) is 0 Å². The first-order valence-corrected chi connectivity index (χ1v) is 9.61. The molecule has 3 amide bonds. The molecule has 0 bridgehead atoms. The topological polar surface area (TPSA) is 171 Å². The summed E-state index contributed by atoms with van der Waals surface area (Å²) in [6.45, 7) is 2.91. The smallest absolute Gasteiger partial charge is 0.327 e. The maximum absolute atomic E-state index is 12.3. The molecule has 0 saturated heterocycles. The summed E-state index contributed by atoms with van der Waals surface area (Å²) < 4.78 is 0. The van der Waals surface area contributed by atoms with Crippen LogP contribution < -0.4 is 21.7 Å². The minimum Gasteiger partial charge on any atom is -0.480 e. The van der Waals surface area contributed by atoms with E-state index in [4.69, 9.17) is 10.8 Å². The lowest BCUT2D eigenvalue weighted by Gasteiger charge is -2.24. The second-order valence-electron chi connectivity index (χ2n) is 5.98. The van der Waals surface area contributed by atoms with E-state index in [0.29, 0.717) is 6.42 Å². The van der Waals surface area contributed by atoms with Gasteiger partial charge in [0.2, 0.25) is 17.7 Å². The van der Waals surface area contributed by atoms with Crippen molar-refractivity contribution in [1.82, 2.24) is 16.0 Å². The van der Waals surface area contributed by atoms with Crippen LogP contribution >= 0.6 is 25.3 Å². The molecular weight excluding hydrogens is 396 g/mol. The van der Waals surface area contributed by atoms with Gasteiger partial charge in [-0.15, -0.1) is 0 Å². The van der Waals surface area contributed by atoms with Crippen molar-refractivity contribution in [3.63, 3.8) is 0 Å². The normalized spacial score (nSPS) is 16.4. The van der Waals surface area contributed by atoms with E-state index in [1.165, 1.54) is 0 Å². The predicted molar refractivity (Wildman–Crippen MR) is 106 cm³/mol. The van der Waals surface area contributed by atoms with Crippen molar-refractivity contribution in [2.24, 2.45) is 11.7 Å². The molecule has 7 N–H and O–H groups in total. The zero-order valence-electron chi connectivity index (χ0n) is 15.2. The van der Waals surface area contributed by atoms with Gasteiger partial charge in [0, 0.05) is 11.5 Å². The number of nitrogens with two attached hydrogens (primary N) is 1. The van der Waals surface area contributed by atoms with Gasteiger partial charge >= 0.3 is 5.97 Å². The highest BCUT2D eigenvalue weighted by Gasteiger charge is 2.29.